The van der Waals surface area contributed by atoms with Crippen molar-refractivity contribution in [2.45, 2.75) is 44.4 Å². The van der Waals surface area contributed by atoms with Crippen molar-refractivity contribution in [2.24, 2.45) is 0 Å². The van der Waals surface area contributed by atoms with Gasteiger partial charge in [0.25, 0.3) is 11.5 Å². The standard InChI is InChI=1S/C29H32ClFN6O8S/c1-4-43-26(40)29(27(41)44-5-2,13-16-8-10-17(11-9-16)34-25(39)19-7-6-12-46-19)45-14-18(42-3)21(38)22(31)37-15-33-20-23(32)35-28(30)36-24(20)37/h6-12,15,18,21-22,38H,4-5,13-14H2,1-3H3,(H,34,39)(H2,32,35,36)/t18-,21-,22-/m1/s1. The summed E-state index contributed by atoms with van der Waals surface area (Å²) in [7, 11) is 1.19. The van der Waals surface area contributed by atoms with Crippen LogP contribution in [-0.2, 0) is 35.0 Å². The average molecular weight is 679 g/mol. The molecule has 0 aliphatic heterocycles. The number of anilines is 2. The number of nitrogens with one attached hydrogen (secondary N) is 1. The van der Waals surface area contributed by atoms with E-state index in [9.17, 15) is 19.5 Å². The van der Waals surface area contributed by atoms with Gasteiger partial charge >= 0.3 is 11.9 Å². The highest BCUT2D eigenvalue weighted by Crippen LogP contribution is 2.29. The maximum atomic E-state index is 15.7. The molecule has 0 fully saturated rings. The summed E-state index contributed by atoms with van der Waals surface area (Å²) < 4.78 is 38.3. The summed E-state index contributed by atoms with van der Waals surface area (Å²) in [6, 6.07) is 9.80. The van der Waals surface area contributed by atoms with E-state index in [0.717, 1.165) is 10.9 Å². The van der Waals surface area contributed by atoms with Gasteiger partial charge in [0.1, 0.15) is 17.7 Å². The number of nitrogens with zero attached hydrogens (tertiary/aromatic N) is 4. The smallest absolute Gasteiger partial charge is 0.350 e. The van der Waals surface area contributed by atoms with Gasteiger partial charge in [-0.25, -0.2) is 19.0 Å². The van der Waals surface area contributed by atoms with Crippen LogP contribution in [0.1, 0.15) is 35.4 Å². The molecule has 4 rings (SSSR count). The lowest BCUT2D eigenvalue weighted by atomic mass is 9.93. The van der Waals surface area contributed by atoms with Crippen LogP contribution in [0.3, 0.4) is 0 Å². The number of hydrogen-bond acceptors (Lipinski definition) is 13. The van der Waals surface area contributed by atoms with Crippen molar-refractivity contribution < 1.29 is 42.8 Å². The number of amides is 1. The number of benzene rings is 1. The Morgan fingerprint density at radius 1 is 1.13 bits per heavy atom. The average Bonchev–Trinajstić information content (AvgIpc) is 3.72. The van der Waals surface area contributed by atoms with E-state index < -0.39 is 42.7 Å². The lowest BCUT2D eigenvalue weighted by molar-refractivity contribution is -0.199. The van der Waals surface area contributed by atoms with Gasteiger partial charge in [-0.1, -0.05) is 18.2 Å². The summed E-state index contributed by atoms with van der Waals surface area (Å²) in [6.07, 6.45) is -4.87. The molecule has 3 heterocycles. The number of methoxy groups -OCH3 is 1. The normalized spacial score (nSPS) is 13.6. The molecular weight excluding hydrogens is 647 g/mol. The van der Waals surface area contributed by atoms with Gasteiger partial charge in [-0.15, -0.1) is 11.3 Å². The highest BCUT2D eigenvalue weighted by molar-refractivity contribution is 7.12. The molecule has 0 aliphatic rings. The fourth-order valence-corrected chi connectivity index (χ4v) is 5.24. The Morgan fingerprint density at radius 3 is 2.39 bits per heavy atom. The Bertz CT molecular complexity index is 1640. The van der Waals surface area contributed by atoms with Crippen LogP contribution in [0, 0.1) is 0 Å². The number of hydrogen-bond donors (Lipinski definition) is 3. The first-order valence-corrected chi connectivity index (χ1v) is 15.2. The third-order valence-electron chi connectivity index (χ3n) is 6.77. The third-order valence-corrected chi connectivity index (χ3v) is 7.80. The number of aromatic nitrogens is 4. The van der Waals surface area contributed by atoms with E-state index >= 15 is 4.39 Å². The number of imidazole rings is 1. The van der Waals surface area contributed by atoms with Crippen molar-refractivity contribution in [1.82, 2.24) is 19.5 Å². The van der Waals surface area contributed by atoms with Crippen LogP contribution in [0.15, 0.2) is 48.1 Å². The molecular formula is C29H32ClFN6O8S. The summed E-state index contributed by atoms with van der Waals surface area (Å²) >= 11 is 7.16. The molecule has 14 nitrogen and oxygen atoms in total. The summed E-state index contributed by atoms with van der Waals surface area (Å²) in [5, 5.41) is 15.3. The molecule has 0 saturated carbocycles. The predicted molar refractivity (Wildman–Crippen MR) is 166 cm³/mol. The number of rotatable bonds is 15. The number of aliphatic hydroxyl groups is 1. The zero-order valence-electron chi connectivity index (χ0n) is 25.0. The number of nitrogen functional groups attached to an aromatic ring is 1. The van der Waals surface area contributed by atoms with E-state index in [1.807, 2.05) is 0 Å². The van der Waals surface area contributed by atoms with E-state index in [-0.39, 0.29) is 47.8 Å². The lowest BCUT2D eigenvalue weighted by Crippen LogP contribution is -2.55. The Labute approximate surface area is 271 Å². The minimum absolute atomic E-state index is 0.0604. The first-order valence-electron chi connectivity index (χ1n) is 14.0. The van der Waals surface area contributed by atoms with E-state index in [2.05, 4.69) is 20.3 Å². The number of aliphatic hydroxyl groups excluding tert-OH is 1. The third kappa shape index (κ3) is 7.59. The van der Waals surface area contributed by atoms with E-state index in [0.29, 0.717) is 16.1 Å². The molecule has 1 aromatic carbocycles. The Balaban J connectivity index is 1.58. The summed E-state index contributed by atoms with van der Waals surface area (Å²) in [5.41, 5.74) is 4.32. The summed E-state index contributed by atoms with van der Waals surface area (Å²) in [4.78, 5) is 51.5. The number of carbonyl (C=O) groups excluding carboxylic acids is 3. The van der Waals surface area contributed by atoms with Crippen LogP contribution in [0.25, 0.3) is 11.2 Å². The second-order valence-electron chi connectivity index (χ2n) is 9.72. The van der Waals surface area contributed by atoms with Crippen molar-refractivity contribution in [3.63, 3.8) is 0 Å². The van der Waals surface area contributed by atoms with Crippen molar-refractivity contribution in [2.75, 3.05) is 38.0 Å². The van der Waals surface area contributed by atoms with Gasteiger partial charge in [-0.05, 0) is 54.6 Å². The van der Waals surface area contributed by atoms with Crippen LogP contribution in [0.4, 0.5) is 15.9 Å². The molecule has 1 amide bonds. The van der Waals surface area contributed by atoms with Crippen LogP contribution in [0.2, 0.25) is 5.28 Å². The second kappa shape index (κ2) is 15.4. The van der Waals surface area contributed by atoms with Crippen molar-refractivity contribution in [1.29, 1.82) is 0 Å². The minimum atomic E-state index is -2.37. The molecule has 17 heteroatoms. The maximum absolute atomic E-state index is 15.7. The van der Waals surface area contributed by atoms with E-state index in [4.69, 9.17) is 36.3 Å². The van der Waals surface area contributed by atoms with Gasteiger partial charge in [-0.3, -0.25) is 9.36 Å². The maximum Gasteiger partial charge on any atom is 0.350 e. The monoisotopic (exact) mass is 678 g/mol. The van der Waals surface area contributed by atoms with Gasteiger partial charge in [0.15, 0.2) is 11.5 Å². The largest absolute Gasteiger partial charge is 0.463 e. The van der Waals surface area contributed by atoms with Gasteiger partial charge in [0, 0.05) is 19.2 Å². The topological polar surface area (TPSA) is 190 Å². The fourth-order valence-electron chi connectivity index (χ4n) is 4.45. The number of ether oxygens (including phenoxy) is 4. The molecule has 0 saturated heterocycles. The van der Waals surface area contributed by atoms with E-state index in [1.165, 1.54) is 18.4 Å². The molecule has 3 atom stereocenters. The molecule has 4 aromatic rings. The molecule has 0 aliphatic carbocycles. The van der Waals surface area contributed by atoms with Crippen LogP contribution >= 0.6 is 22.9 Å². The summed E-state index contributed by atoms with van der Waals surface area (Å²) in [5.74, 6) is -2.51. The number of alkyl halides is 1. The van der Waals surface area contributed by atoms with Gasteiger partial charge in [0.05, 0.1) is 31.0 Å². The zero-order valence-corrected chi connectivity index (χ0v) is 26.6. The van der Waals surface area contributed by atoms with Crippen molar-refractivity contribution in [3.8, 4) is 0 Å². The molecule has 0 unspecified atom stereocenters. The fraction of sp³-hybridized carbons (Fsp3) is 0.379. The minimum Gasteiger partial charge on any atom is -0.463 e. The molecule has 46 heavy (non-hydrogen) atoms. The van der Waals surface area contributed by atoms with Crippen molar-refractivity contribution >= 4 is 63.5 Å². The Kier molecular flexibility index (Phi) is 11.6. The highest BCUT2D eigenvalue weighted by Gasteiger charge is 2.51. The Morgan fingerprint density at radius 2 is 1.80 bits per heavy atom. The van der Waals surface area contributed by atoms with Gasteiger partial charge < -0.3 is 35.1 Å². The van der Waals surface area contributed by atoms with Gasteiger partial charge in [0.2, 0.25) is 11.6 Å². The first-order chi connectivity index (χ1) is 22.0. The predicted octanol–water partition coefficient (Wildman–Crippen LogP) is 3.34. The van der Waals surface area contributed by atoms with Crippen LogP contribution in [0.5, 0.6) is 0 Å². The number of thiophene rings is 1. The van der Waals surface area contributed by atoms with E-state index in [1.54, 1.807) is 55.6 Å². The molecule has 3 aromatic heterocycles. The van der Waals surface area contributed by atoms with Crippen molar-refractivity contribution in [3.05, 3.63) is 63.8 Å². The quantitative estimate of drug-likeness (QED) is 0.0946. The lowest BCUT2D eigenvalue weighted by Gasteiger charge is -2.32. The second-order valence-corrected chi connectivity index (χ2v) is 11.0. The van der Waals surface area contributed by atoms with Gasteiger partial charge in [-0.2, -0.15) is 9.97 Å². The molecule has 4 N–H and O–H groups in total. The molecule has 246 valence electrons. The molecule has 0 radical (unpaired) electrons. The molecule has 0 bridgehead atoms. The van der Waals surface area contributed by atoms with Crippen LogP contribution in [-0.4, -0.2) is 87.2 Å². The SMILES string of the molecule is CCOC(=O)C(Cc1ccc(NC(=O)c2cccs2)cc1)(OC[C@@H](OC)[C@@H](O)[C@H](F)n1cnc2c(N)nc(Cl)nc21)C(=O)OCC. The number of halogens is 2. The molecule has 0 spiro atoms. The number of fused-ring (bicyclic) bond motifs is 1. The highest BCUT2D eigenvalue weighted by atomic mass is 35.5. The Hall–Kier alpha value is -4.22. The number of esters is 2. The number of nitrogens with two attached hydrogens (primary N) is 1. The zero-order chi connectivity index (χ0) is 33.4. The van der Waals surface area contributed by atoms with Crippen LogP contribution < -0.4 is 11.1 Å². The summed E-state index contributed by atoms with van der Waals surface area (Å²) in [6.45, 7) is 2.25. The first kappa shape index (κ1) is 34.6. The number of carbonyl (C=O) groups is 3.